The van der Waals surface area contributed by atoms with Crippen molar-refractivity contribution in [2.75, 3.05) is 20.3 Å². The molecular weight excluding hydrogens is 610 g/mol. The molecule has 2 aliphatic rings. The molecule has 4 amide bonds. The number of amides is 4. The molecule has 0 radical (unpaired) electrons. The van der Waals surface area contributed by atoms with Crippen molar-refractivity contribution in [3.05, 3.63) is 69.7 Å². The molecule has 0 bridgehead atoms. The molecule has 1 fully saturated rings. The molecule has 45 heavy (non-hydrogen) atoms. The van der Waals surface area contributed by atoms with Gasteiger partial charge >= 0.3 is 11.9 Å². The maximum atomic E-state index is 14.7. The number of piperidine rings is 1. The highest BCUT2D eigenvalue weighted by Gasteiger charge is 2.46. The lowest BCUT2D eigenvalue weighted by molar-refractivity contribution is -0.172. The second kappa shape index (κ2) is 13.2. The first kappa shape index (κ1) is 34.0. The van der Waals surface area contributed by atoms with E-state index in [0.29, 0.717) is 23.2 Å². The molecule has 0 saturated carbocycles. The molecule has 1 saturated heterocycles. The van der Waals surface area contributed by atoms with Crippen LogP contribution in [0.3, 0.4) is 0 Å². The van der Waals surface area contributed by atoms with E-state index in [1.54, 1.807) is 20.0 Å². The Morgan fingerprint density at radius 1 is 1.13 bits per heavy atom. The first-order chi connectivity index (χ1) is 21.1. The third kappa shape index (κ3) is 6.57. The van der Waals surface area contributed by atoms with Crippen molar-refractivity contribution in [1.82, 2.24) is 20.0 Å². The predicted octanol–water partition coefficient (Wildman–Crippen LogP) is 4.09. The molecular formula is C32H37ClF2N4O6. The lowest BCUT2D eigenvalue weighted by Crippen LogP contribution is -2.58. The van der Waals surface area contributed by atoms with E-state index >= 15 is 0 Å². The number of esters is 1. The zero-order valence-corrected chi connectivity index (χ0v) is 26.6. The minimum Gasteiger partial charge on any atom is -0.442 e. The number of likely N-dealkylation sites (tertiary alicyclic amines) is 1. The van der Waals surface area contributed by atoms with Crippen molar-refractivity contribution in [2.24, 2.45) is 5.92 Å². The summed E-state index contributed by atoms with van der Waals surface area (Å²) in [6, 6.07) is 8.42. The SMILES string of the molecule is CCN(C)C(C)(C(=O)OCN1C(=O)CCC(N2Cc3cc(CNC(=O)C(F)(F)c4ccc(Cl)cc4)ccc3C2=O)C1=O)C(C)C. The van der Waals surface area contributed by atoms with E-state index < -0.39 is 59.4 Å². The van der Waals surface area contributed by atoms with Gasteiger partial charge in [0, 0.05) is 35.7 Å². The molecule has 2 unspecified atom stereocenters. The van der Waals surface area contributed by atoms with Gasteiger partial charge in [-0.3, -0.25) is 24.1 Å². The Balaban J connectivity index is 1.41. The molecule has 10 nitrogen and oxygen atoms in total. The standard InChI is InChI=1S/C32H37ClF2N4O6/c1-6-37(5)31(4,19(2)3)30(44)45-18-39-26(40)14-13-25(28(39)42)38-17-21-15-20(7-12-24(21)27(38)41)16-36-29(43)32(34,35)22-8-10-23(33)11-9-22/h7-12,15,19,25H,6,13-14,16-18H2,1-5H3,(H,36,43). The minimum atomic E-state index is -3.79. The van der Waals surface area contributed by atoms with Gasteiger partial charge in [-0.15, -0.1) is 0 Å². The number of hydrogen-bond donors (Lipinski definition) is 1. The zero-order chi connectivity index (χ0) is 33.3. The van der Waals surface area contributed by atoms with E-state index in [2.05, 4.69) is 5.32 Å². The fourth-order valence-corrected chi connectivity index (χ4v) is 5.64. The highest BCUT2D eigenvalue weighted by Crippen LogP contribution is 2.32. The molecule has 0 aromatic heterocycles. The quantitative estimate of drug-likeness (QED) is 0.289. The number of nitrogens with one attached hydrogen (secondary N) is 1. The molecule has 1 N–H and O–H groups in total. The van der Waals surface area contributed by atoms with Gasteiger partial charge in [-0.1, -0.05) is 56.6 Å². The van der Waals surface area contributed by atoms with Gasteiger partial charge in [-0.25, -0.2) is 9.69 Å². The molecule has 2 heterocycles. The van der Waals surface area contributed by atoms with Crippen LogP contribution < -0.4 is 5.32 Å². The van der Waals surface area contributed by atoms with Gasteiger partial charge in [-0.2, -0.15) is 8.78 Å². The van der Waals surface area contributed by atoms with Gasteiger partial charge in [0.25, 0.3) is 17.7 Å². The van der Waals surface area contributed by atoms with E-state index in [4.69, 9.17) is 16.3 Å². The van der Waals surface area contributed by atoms with Gasteiger partial charge in [0.1, 0.15) is 11.6 Å². The number of ether oxygens (including phenoxy) is 1. The van der Waals surface area contributed by atoms with Crippen LogP contribution in [0.4, 0.5) is 8.78 Å². The van der Waals surface area contributed by atoms with Crippen molar-refractivity contribution in [2.45, 2.75) is 71.1 Å². The van der Waals surface area contributed by atoms with E-state index in [1.165, 1.54) is 29.2 Å². The Labute approximate surface area is 265 Å². The Bertz CT molecular complexity index is 1500. The summed E-state index contributed by atoms with van der Waals surface area (Å²) in [6.07, 6.45) is 0.0797. The Hall–Kier alpha value is -3.90. The molecule has 2 aliphatic heterocycles. The average molecular weight is 647 g/mol. The summed E-state index contributed by atoms with van der Waals surface area (Å²) < 4.78 is 34.8. The van der Waals surface area contributed by atoms with E-state index in [0.717, 1.165) is 17.0 Å². The van der Waals surface area contributed by atoms with Crippen LogP contribution in [-0.4, -0.2) is 76.2 Å². The monoisotopic (exact) mass is 646 g/mol. The number of rotatable bonds is 11. The summed E-state index contributed by atoms with van der Waals surface area (Å²) in [4.78, 5) is 69.0. The van der Waals surface area contributed by atoms with Gasteiger partial charge in [0.15, 0.2) is 6.73 Å². The summed E-state index contributed by atoms with van der Waals surface area (Å²) in [5.41, 5.74) is -0.122. The largest absolute Gasteiger partial charge is 0.442 e. The number of hydrogen-bond acceptors (Lipinski definition) is 7. The summed E-state index contributed by atoms with van der Waals surface area (Å²) in [5.74, 6) is -7.53. The van der Waals surface area contributed by atoms with E-state index in [-0.39, 0.29) is 36.9 Å². The van der Waals surface area contributed by atoms with Crippen molar-refractivity contribution < 1.29 is 37.5 Å². The smallest absolute Gasteiger partial charge is 0.349 e. The summed E-state index contributed by atoms with van der Waals surface area (Å²) in [5, 5.41) is 2.50. The number of halogens is 3. The van der Waals surface area contributed by atoms with Crippen LogP contribution in [0, 0.1) is 5.92 Å². The predicted molar refractivity (Wildman–Crippen MR) is 161 cm³/mol. The average Bonchev–Trinajstić information content (AvgIpc) is 3.33. The Morgan fingerprint density at radius 3 is 2.42 bits per heavy atom. The number of alkyl halides is 2. The van der Waals surface area contributed by atoms with Crippen LogP contribution in [0.15, 0.2) is 42.5 Å². The van der Waals surface area contributed by atoms with Crippen LogP contribution in [0.2, 0.25) is 5.02 Å². The van der Waals surface area contributed by atoms with Crippen LogP contribution >= 0.6 is 11.6 Å². The lowest BCUT2D eigenvalue weighted by atomic mass is 9.87. The highest BCUT2D eigenvalue weighted by atomic mass is 35.5. The second-order valence-corrected chi connectivity index (χ2v) is 12.2. The third-order valence-electron chi connectivity index (χ3n) is 8.94. The van der Waals surface area contributed by atoms with Gasteiger partial charge in [0.2, 0.25) is 5.91 Å². The van der Waals surface area contributed by atoms with Gasteiger partial charge in [0.05, 0.1) is 0 Å². The molecule has 0 aliphatic carbocycles. The first-order valence-electron chi connectivity index (χ1n) is 14.7. The van der Waals surface area contributed by atoms with E-state index in [1.807, 2.05) is 25.7 Å². The number of likely N-dealkylation sites (N-methyl/N-ethyl adjacent to an activating group) is 1. The minimum absolute atomic E-state index is 0.0243. The second-order valence-electron chi connectivity index (χ2n) is 11.8. The number of carbonyl (C=O) groups is 5. The number of carbonyl (C=O) groups excluding carboxylic acids is 5. The topological polar surface area (TPSA) is 116 Å². The highest BCUT2D eigenvalue weighted by molar-refractivity contribution is 6.30. The molecule has 4 rings (SSSR count). The van der Waals surface area contributed by atoms with Crippen LogP contribution in [-0.2, 0) is 42.9 Å². The number of imide groups is 1. The number of benzene rings is 2. The number of nitrogens with zero attached hydrogens (tertiary/aromatic N) is 3. The fourth-order valence-electron chi connectivity index (χ4n) is 5.52. The van der Waals surface area contributed by atoms with Crippen molar-refractivity contribution >= 4 is 41.2 Å². The third-order valence-corrected chi connectivity index (χ3v) is 9.19. The van der Waals surface area contributed by atoms with Crippen LogP contribution in [0.5, 0.6) is 0 Å². The maximum absolute atomic E-state index is 14.7. The van der Waals surface area contributed by atoms with Gasteiger partial charge < -0.3 is 15.0 Å². The molecule has 0 spiro atoms. The Morgan fingerprint density at radius 2 is 1.80 bits per heavy atom. The van der Waals surface area contributed by atoms with E-state index in [9.17, 15) is 32.8 Å². The molecule has 2 aromatic carbocycles. The van der Waals surface area contributed by atoms with Crippen LogP contribution in [0.1, 0.15) is 67.6 Å². The maximum Gasteiger partial charge on any atom is 0.349 e. The van der Waals surface area contributed by atoms with Gasteiger partial charge in [-0.05, 0) is 62.2 Å². The van der Waals surface area contributed by atoms with Crippen LogP contribution in [0.25, 0.3) is 0 Å². The molecule has 242 valence electrons. The number of fused-ring (bicyclic) bond motifs is 1. The summed E-state index contributed by atoms with van der Waals surface area (Å²) >= 11 is 5.76. The lowest BCUT2D eigenvalue weighted by Gasteiger charge is -2.40. The van der Waals surface area contributed by atoms with Crippen molar-refractivity contribution in [3.63, 3.8) is 0 Å². The van der Waals surface area contributed by atoms with Crippen molar-refractivity contribution in [1.29, 1.82) is 0 Å². The molecule has 13 heteroatoms. The normalized spacial score (nSPS) is 18.4. The fraction of sp³-hybridized carbons (Fsp3) is 0.469. The molecule has 2 aromatic rings. The first-order valence-corrected chi connectivity index (χ1v) is 15.1. The zero-order valence-electron chi connectivity index (χ0n) is 25.9. The van der Waals surface area contributed by atoms with Crippen molar-refractivity contribution in [3.8, 4) is 0 Å². The summed E-state index contributed by atoms with van der Waals surface area (Å²) in [6.45, 7) is 7.25. The Kier molecular flexibility index (Phi) is 9.98. The summed E-state index contributed by atoms with van der Waals surface area (Å²) in [7, 11) is 1.79. The molecule has 2 atom stereocenters.